The van der Waals surface area contributed by atoms with Crippen LogP contribution < -0.4 is 10.1 Å². The summed E-state index contributed by atoms with van der Waals surface area (Å²) in [6.45, 7) is 6.41. The minimum absolute atomic E-state index is 0.0352. The molecular weight excluding hydrogens is 278 g/mol. The third-order valence-electron chi connectivity index (χ3n) is 3.47. The van der Waals surface area contributed by atoms with Crippen molar-refractivity contribution in [3.8, 4) is 5.75 Å². The smallest absolute Gasteiger partial charge is 0.119 e. The number of benzene rings is 1. The van der Waals surface area contributed by atoms with Crippen molar-refractivity contribution in [3.63, 3.8) is 0 Å². The van der Waals surface area contributed by atoms with Crippen molar-refractivity contribution >= 4 is 11.6 Å². The first-order valence-electron chi connectivity index (χ1n) is 6.83. The van der Waals surface area contributed by atoms with Gasteiger partial charge in [-0.1, -0.05) is 18.5 Å². The third kappa shape index (κ3) is 5.29. The molecule has 0 saturated carbocycles. The van der Waals surface area contributed by atoms with Gasteiger partial charge in [-0.3, -0.25) is 0 Å². The number of aryl methyl sites for hydroxylation is 1. The summed E-state index contributed by atoms with van der Waals surface area (Å²) in [7, 11) is 0. The molecule has 0 aliphatic rings. The summed E-state index contributed by atoms with van der Waals surface area (Å²) in [4.78, 5) is 0. The van der Waals surface area contributed by atoms with E-state index >= 15 is 0 Å². The Morgan fingerprint density at radius 2 is 2.15 bits per heavy atom. The fourth-order valence-corrected chi connectivity index (χ4v) is 1.73. The Balaban J connectivity index is 2.39. The van der Waals surface area contributed by atoms with Gasteiger partial charge in [0.15, 0.2) is 0 Å². The molecule has 3 N–H and O–H groups in total. The Labute approximate surface area is 125 Å². The van der Waals surface area contributed by atoms with Gasteiger partial charge in [-0.2, -0.15) is 0 Å². The topological polar surface area (TPSA) is 61.7 Å². The number of halogens is 1. The standard InChI is InChI=1S/C15H24ClNO3/c1-4-15(3,10-18)17-8-12(19)9-20-13-5-6-14(16)11(2)7-13/h5-7,12,17-19H,4,8-10H2,1-3H3. The third-order valence-corrected chi connectivity index (χ3v) is 3.89. The van der Waals surface area contributed by atoms with Gasteiger partial charge in [-0.05, 0) is 44.0 Å². The van der Waals surface area contributed by atoms with Gasteiger partial charge >= 0.3 is 0 Å². The summed E-state index contributed by atoms with van der Waals surface area (Å²) in [6.07, 6.45) is 0.149. The molecule has 20 heavy (non-hydrogen) atoms. The molecule has 1 aromatic rings. The zero-order valence-corrected chi connectivity index (χ0v) is 13.1. The van der Waals surface area contributed by atoms with Crippen LogP contribution in [0.1, 0.15) is 25.8 Å². The van der Waals surface area contributed by atoms with E-state index < -0.39 is 6.10 Å². The van der Waals surface area contributed by atoms with Gasteiger partial charge in [0.1, 0.15) is 18.5 Å². The van der Waals surface area contributed by atoms with E-state index in [-0.39, 0.29) is 18.8 Å². The lowest BCUT2D eigenvalue weighted by atomic mass is 10.0. The molecule has 0 spiro atoms. The fraction of sp³-hybridized carbons (Fsp3) is 0.600. The highest BCUT2D eigenvalue weighted by Crippen LogP contribution is 2.21. The first kappa shape index (κ1) is 17.2. The molecule has 2 unspecified atom stereocenters. The molecule has 4 nitrogen and oxygen atoms in total. The van der Waals surface area contributed by atoms with Crippen molar-refractivity contribution in [2.45, 2.75) is 38.8 Å². The highest BCUT2D eigenvalue weighted by molar-refractivity contribution is 6.31. The number of hydrogen-bond donors (Lipinski definition) is 3. The van der Waals surface area contributed by atoms with Crippen LogP contribution in [0.2, 0.25) is 5.02 Å². The van der Waals surface area contributed by atoms with Crippen molar-refractivity contribution in [1.29, 1.82) is 0 Å². The van der Waals surface area contributed by atoms with E-state index in [9.17, 15) is 10.2 Å². The summed E-state index contributed by atoms with van der Waals surface area (Å²) >= 11 is 5.94. The Hall–Kier alpha value is -0.810. The van der Waals surface area contributed by atoms with E-state index in [4.69, 9.17) is 16.3 Å². The summed E-state index contributed by atoms with van der Waals surface area (Å²) in [5, 5.41) is 23.0. The van der Waals surface area contributed by atoms with Crippen molar-refractivity contribution in [2.75, 3.05) is 19.8 Å². The number of hydrogen-bond acceptors (Lipinski definition) is 4. The Morgan fingerprint density at radius 1 is 1.45 bits per heavy atom. The molecule has 0 bridgehead atoms. The average molecular weight is 302 g/mol. The molecule has 114 valence electrons. The number of β-amino-alcohol motifs (C(OH)–C–C–N with tert-alkyl or cyclic N) is 1. The molecule has 1 aromatic carbocycles. The monoisotopic (exact) mass is 301 g/mol. The Kier molecular flexibility index (Phi) is 6.76. The fourth-order valence-electron chi connectivity index (χ4n) is 1.62. The average Bonchev–Trinajstić information content (AvgIpc) is 2.46. The van der Waals surface area contributed by atoms with Crippen LogP contribution in [0.15, 0.2) is 18.2 Å². The summed E-state index contributed by atoms with van der Waals surface area (Å²) in [6, 6.07) is 5.39. The van der Waals surface area contributed by atoms with Gasteiger partial charge in [0, 0.05) is 17.1 Å². The van der Waals surface area contributed by atoms with Crippen molar-refractivity contribution < 1.29 is 14.9 Å². The number of ether oxygens (including phenoxy) is 1. The molecule has 0 aliphatic heterocycles. The van der Waals surface area contributed by atoms with Crippen molar-refractivity contribution in [3.05, 3.63) is 28.8 Å². The van der Waals surface area contributed by atoms with Crippen LogP contribution in [-0.2, 0) is 0 Å². The second-order valence-electron chi connectivity index (χ2n) is 5.33. The highest BCUT2D eigenvalue weighted by atomic mass is 35.5. The van der Waals surface area contributed by atoms with Crippen molar-refractivity contribution in [2.24, 2.45) is 0 Å². The first-order chi connectivity index (χ1) is 9.40. The number of nitrogens with one attached hydrogen (secondary N) is 1. The summed E-state index contributed by atoms with van der Waals surface area (Å²) < 4.78 is 5.52. The minimum atomic E-state index is -0.636. The van der Waals surface area contributed by atoms with Crippen LogP contribution >= 0.6 is 11.6 Å². The molecule has 0 saturated heterocycles. The van der Waals surface area contributed by atoms with Gasteiger partial charge in [-0.25, -0.2) is 0 Å². The van der Waals surface area contributed by atoms with Gasteiger partial charge in [0.05, 0.1) is 6.61 Å². The Morgan fingerprint density at radius 3 is 2.70 bits per heavy atom. The molecule has 5 heteroatoms. The molecule has 0 amide bonds. The zero-order valence-electron chi connectivity index (χ0n) is 12.3. The summed E-state index contributed by atoms with van der Waals surface area (Å²) in [5.41, 5.74) is 0.577. The maximum atomic E-state index is 9.89. The molecule has 0 heterocycles. The minimum Gasteiger partial charge on any atom is -0.491 e. The van der Waals surface area contributed by atoms with E-state index in [1.165, 1.54) is 0 Å². The van der Waals surface area contributed by atoms with E-state index in [1.54, 1.807) is 12.1 Å². The van der Waals surface area contributed by atoms with E-state index in [1.807, 2.05) is 26.8 Å². The predicted molar refractivity (Wildman–Crippen MR) is 81.5 cm³/mol. The van der Waals surface area contributed by atoms with Crippen LogP contribution in [-0.4, -0.2) is 41.6 Å². The SMILES string of the molecule is CCC(C)(CO)NCC(O)COc1ccc(Cl)c(C)c1. The molecule has 0 aromatic heterocycles. The lowest BCUT2D eigenvalue weighted by molar-refractivity contribution is 0.0866. The number of rotatable bonds is 8. The van der Waals surface area contributed by atoms with Crippen molar-refractivity contribution in [1.82, 2.24) is 5.32 Å². The quantitative estimate of drug-likeness (QED) is 0.688. The van der Waals surface area contributed by atoms with Gasteiger partial charge in [0.25, 0.3) is 0 Å². The van der Waals surface area contributed by atoms with E-state index in [0.29, 0.717) is 17.3 Å². The van der Waals surface area contributed by atoms with Crippen LogP contribution in [0, 0.1) is 6.92 Å². The molecule has 2 atom stereocenters. The molecule has 1 rings (SSSR count). The van der Waals surface area contributed by atoms with E-state index in [0.717, 1.165) is 12.0 Å². The molecule has 0 aliphatic carbocycles. The number of aliphatic hydroxyl groups is 2. The lowest BCUT2D eigenvalue weighted by Gasteiger charge is -2.28. The molecule has 0 fully saturated rings. The maximum Gasteiger partial charge on any atom is 0.119 e. The van der Waals surface area contributed by atoms with Crippen LogP contribution in [0.25, 0.3) is 0 Å². The first-order valence-corrected chi connectivity index (χ1v) is 7.21. The van der Waals surface area contributed by atoms with E-state index in [2.05, 4.69) is 5.32 Å². The van der Waals surface area contributed by atoms with Gasteiger partial charge in [-0.15, -0.1) is 0 Å². The largest absolute Gasteiger partial charge is 0.491 e. The molecule has 0 radical (unpaired) electrons. The summed E-state index contributed by atoms with van der Waals surface area (Å²) in [5.74, 6) is 0.686. The second kappa shape index (κ2) is 7.84. The normalized spacial score (nSPS) is 15.7. The van der Waals surface area contributed by atoms with Crippen LogP contribution in [0.4, 0.5) is 0 Å². The maximum absolute atomic E-state index is 9.89. The van der Waals surface area contributed by atoms with Gasteiger partial charge < -0.3 is 20.3 Å². The lowest BCUT2D eigenvalue weighted by Crippen LogP contribution is -2.49. The van der Waals surface area contributed by atoms with Crippen LogP contribution in [0.3, 0.4) is 0 Å². The number of aliphatic hydroxyl groups excluding tert-OH is 2. The highest BCUT2D eigenvalue weighted by Gasteiger charge is 2.21. The molecular formula is C15H24ClNO3. The van der Waals surface area contributed by atoms with Crippen LogP contribution in [0.5, 0.6) is 5.75 Å². The van der Waals surface area contributed by atoms with Gasteiger partial charge in [0.2, 0.25) is 0 Å². The zero-order chi connectivity index (χ0) is 15.2. The predicted octanol–water partition coefficient (Wildman–Crippen LogP) is 2.14. The Bertz CT molecular complexity index is 422. The second-order valence-corrected chi connectivity index (χ2v) is 5.74.